The summed E-state index contributed by atoms with van der Waals surface area (Å²) < 4.78 is 11.0. The van der Waals surface area contributed by atoms with Crippen molar-refractivity contribution in [1.82, 2.24) is 15.3 Å². The van der Waals surface area contributed by atoms with Gasteiger partial charge in [0.15, 0.2) is 5.76 Å². The molecule has 150 valence electrons. The summed E-state index contributed by atoms with van der Waals surface area (Å²) in [6.07, 6.45) is 3.59. The summed E-state index contributed by atoms with van der Waals surface area (Å²) in [6.45, 7) is 11.2. The average Bonchev–Trinajstić information content (AvgIpc) is 2.99. The van der Waals surface area contributed by atoms with E-state index >= 15 is 0 Å². The van der Waals surface area contributed by atoms with Gasteiger partial charge in [0.05, 0.1) is 24.9 Å². The van der Waals surface area contributed by atoms with Crippen LogP contribution < -0.4 is 10.2 Å². The molecule has 2 aromatic rings. The van der Waals surface area contributed by atoms with Gasteiger partial charge in [0.2, 0.25) is 5.95 Å². The summed E-state index contributed by atoms with van der Waals surface area (Å²) in [4.78, 5) is 24.4. The van der Waals surface area contributed by atoms with Crippen LogP contribution in [0.25, 0.3) is 0 Å². The number of hydrogen-bond donors (Lipinski definition) is 1. The molecule has 1 saturated heterocycles. The van der Waals surface area contributed by atoms with Gasteiger partial charge in [0, 0.05) is 30.4 Å². The summed E-state index contributed by atoms with van der Waals surface area (Å²) in [5.41, 5.74) is 2.91. The van der Waals surface area contributed by atoms with Crippen LogP contribution in [0.3, 0.4) is 0 Å². The molecule has 0 aromatic carbocycles. The molecule has 0 unspecified atom stereocenters. The van der Waals surface area contributed by atoms with Crippen LogP contribution in [0.4, 0.5) is 5.95 Å². The SMILES string of the molecule is Cc1cc(C)c(C(=O)N[C@H]2CC(C)(C)Cc3nc(N4CCOCC4)ncc32)o1. The predicted molar refractivity (Wildman–Crippen MR) is 106 cm³/mol. The van der Waals surface area contributed by atoms with Crippen molar-refractivity contribution < 1.29 is 13.9 Å². The van der Waals surface area contributed by atoms with Crippen LogP contribution in [-0.2, 0) is 11.2 Å². The number of fused-ring (bicyclic) bond motifs is 1. The zero-order valence-corrected chi connectivity index (χ0v) is 17.0. The molecule has 7 nitrogen and oxygen atoms in total. The van der Waals surface area contributed by atoms with Gasteiger partial charge in [-0.05, 0) is 38.2 Å². The monoisotopic (exact) mass is 384 g/mol. The highest BCUT2D eigenvalue weighted by molar-refractivity contribution is 5.93. The number of amides is 1. The predicted octanol–water partition coefficient (Wildman–Crippen LogP) is 2.97. The fourth-order valence-corrected chi connectivity index (χ4v) is 4.17. The van der Waals surface area contributed by atoms with Crippen molar-refractivity contribution in [3.8, 4) is 0 Å². The van der Waals surface area contributed by atoms with Crippen LogP contribution >= 0.6 is 0 Å². The highest BCUT2D eigenvalue weighted by Gasteiger charge is 2.35. The molecule has 28 heavy (non-hydrogen) atoms. The van der Waals surface area contributed by atoms with E-state index in [2.05, 4.69) is 29.0 Å². The molecule has 0 bridgehead atoms. The van der Waals surface area contributed by atoms with Crippen molar-refractivity contribution in [2.24, 2.45) is 5.41 Å². The number of ether oxygens (including phenoxy) is 1. The highest BCUT2D eigenvalue weighted by atomic mass is 16.5. The lowest BCUT2D eigenvalue weighted by Gasteiger charge is -2.37. The summed E-state index contributed by atoms with van der Waals surface area (Å²) in [6, 6.07) is 1.75. The van der Waals surface area contributed by atoms with Gasteiger partial charge in [-0.1, -0.05) is 13.8 Å². The Labute approximate surface area is 165 Å². The van der Waals surface area contributed by atoms with E-state index < -0.39 is 0 Å². The Kier molecular flexibility index (Phi) is 4.87. The van der Waals surface area contributed by atoms with Gasteiger partial charge in [-0.3, -0.25) is 4.79 Å². The first-order chi connectivity index (χ1) is 13.3. The van der Waals surface area contributed by atoms with Crippen LogP contribution in [0.2, 0.25) is 0 Å². The average molecular weight is 384 g/mol. The third-order valence-electron chi connectivity index (χ3n) is 5.51. The first-order valence-electron chi connectivity index (χ1n) is 9.89. The molecule has 0 spiro atoms. The lowest BCUT2D eigenvalue weighted by Crippen LogP contribution is -2.39. The number of carbonyl (C=O) groups is 1. The first kappa shape index (κ1) is 18.9. The lowest BCUT2D eigenvalue weighted by atomic mass is 9.74. The smallest absolute Gasteiger partial charge is 0.287 e. The van der Waals surface area contributed by atoms with E-state index in [1.54, 1.807) is 0 Å². The fourth-order valence-electron chi connectivity index (χ4n) is 4.17. The van der Waals surface area contributed by atoms with Gasteiger partial charge < -0.3 is 19.4 Å². The molecule has 1 fully saturated rings. The summed E-state index contributed by atoms with van der Waals surface area (Å²) in [7, 11) is 0. The molecule has 2 aliphatic rings. The molecule has 4 rings (SSSR count). The third-order valence-corrected chi connectivity index (χ3v) is 5.51. The molecule has 0 radical (unpaired) electrons. The minimum Gasteiger partial charge on any atom is -0.456 e. The second-order valence-corrected chi connectivity index (χ2v) is 8.61. The van der Waals surface area contributed by atoms with Gasteiger partial charge in [0.25, 0.3) is 5.91 Å². The maximum atomic E-state index is 12.8. The fraction of sp³-hybridized carbons (Fsp3) is 0.571. The highest BCUT2D eigenvalue weighted by Crippen LogP contribution is 2.40. The van der Waals surface area contributed by atoms with Crippen LogP contribution in [-0.4, -0.2) is 42.2 Å². The molecule has 3 heterocycles. The molecule has 7 heteroatoms. The van der Waals surface area contributed by atoms with Crippen molar-refractivity contribution in [2.75, 3.05) is 31.2 Å². The zero-order valence-electron chi connectivity index (χ0n) is 17.0. The number of furan rings is 1. The maximum absolute atomic E-state index is 12.8. The van der Waals surface area contributed by atoms with E-state index in [1.165, 1.54) is 0 Å². The molecule has 1 atom stereocenters. The Morgan fingerprint density at radius 2 is 2.04 bits per heavy atom. The number of rotatable bonds is 3. The molecule has 1 aliphatic heterocycles. The summed E-state index contributed by atoms with van der Waals surface area (Å²) in [5, 5.41) is 3.15. The van der Waals surface area contributed by atoms with Crippen molar-refractivity contribution in [3.63, 3.8) is 0 Å². The molecular formula is C21H28N4O3. The van der Waals surface area contributed by atoms with Crippen molar-refractivity contribution in [1.29, 1.82) is 0 Å². The number of nitrogens with zero attached hydrogens (tertiary/aromatic N) is 3. The number of aryl methyl sites for hydroxylation is 2. The topological polar surface area (TPSA) is 80.5 Å². The number of carbonyl (C=O) groups excluding carboxylic acids is 1. The second-order valence-electron chi connectivity index (χ2n) is 8.61. The second kappa shape index (κ2) is 7.20. The van der Waals surface area contributed by atoms with Crippen LogP contribution in [0.5, 0.6) is 0 Å². The maximum Gasteiger partial charge on any atom is 0.287 e. The van der Waals surface area contributed by atoms with Crippen LogP contribution in [0, 0.1) is 19.3 Å². The molecule has 1 aliphatic carbocycles. The van der Waals surface area contributed by atoms with E-state index in [0.29, 0.717) is 19.0 Å². The quantitative estimate of drug-likeness (QED) is 0.876. The van der Waals surface area contributed by atoms with Crippen LogP contribution in [0.15, 0.2) is 16.7 Å². The minimum atomic E-state index is -0.184. The molecular weight excluding hydrogens is 356 g/mol. The van der Waals surface area contributed by atoms with Gasteiger partial charge in [-0.15, -0.1) is 0 Å². The Balaban J connectivity index is 1.61. The Morgan fingerprint density at radius 1 is 1.29 bits per heavy atom. The third kappa shape index (κ3) is 3.76. The van der Waals surface area contributed by atoms with E-state index in [4.69, 9.17) is 14.1 Å². The van der Waals surface area contributed by atoms with Crippen molar-refractivity contribution in [2.45, 2.75) is 46.6 Å². The van der Waals surface area contributed by atoms with E-state index in [0.717, 1.165) is 54.5 Å². The number of nitrogens with one attached hydrogen (secondary N) is 1. The molecule has 2 aromatic heterocycles. The van der Waals surface area contributed by atoms with E-state index in [-0.39, 0.29) is 17.4 Å². The van der Waals surface area contributed by atoms with E-state index in [1.807, 2.05) is 26.1 Å². The largest absolute Gasteiger partial charge is 0.456 e. The summed E-state index contributed by atoms with van der Waals surface area (Å²) in [5.74, 6) is 1.69. The zero-order chi connectivity index (χ0) is 19.9. The lowest BCUT2D eigenvalue weighted by molar-refractivity contribution is 0.0888. The first-order valence-corrected chi connectivity index (χ1v) is 9.89. The summed E-state index contributed by atoms with van der Waals surface area (Å²) >= 11 is 0. The molecule has 1 amide bonds. The normalized spacial score (nSPS) is 21.3. The Bertz CT molecular complexity index is 884. The standard InChI is InChI=1S/C21H28N4O3/c1-13-9-14(2)28-18(13)19(26)23-16-10-21(3,4)11-17-15(16)12-22-20(24-17)25-5-7-27-8-6-25/h9,12,16H,5-8,10-11H2,1-4H3,(H,23,26)/t16-/m0/s1. The van der Waals surface area contributed by atoms with Gasteiger partial charge in [-0.2, -0.15) is 0 Å². The van der Waals surface area contributed by atoms with Gasteiger partial charge >= 0.3 is 0 Å². The number of aromatic nitrogens is 2. The number of morpholine rings is 1. The minimum absolute atomic E-state index is 0.0374. The van der Waals surface area contributed by atoms with E-state index in [9.17, 15) is 4.79 Å². The van der Waals surface area contributed by atoms with Crippen molar-refractivity contribution in [3.05, 3.63) is 40.6 Å². The Hall–Kier alpha value is -2.41. The van der Waals surface area contributed by atoms with Crippen LogP contribution in [0.1, 0.15) is 59.4 Å². The number of anilines is 1. The number of hydrogen-bond acceptors (Lipinski definition) is 6. The van der Waals surface area contributed by atoms with Gasteiger partial charge in [-0.25, -0.2) is 9.97 Å². The Morgan fingerprint density at radius 3 is 2.71 bits per heavy atom. The van der Waals surface area contributed by atoms with Gasteiger partial charge in [0.1, 0.15) is 5.76 Å². The van der Waals surface area contributed by atoms with Crippen molar-refractivity contribution >= 4 is 11.9 Å². The molecule has 1 N–H and O–H groups in total. The molecule has 0 saturated carbocycles.